The Morgan fingerprint density at radius 3 is 2.19 bits per heavy atom. The van der Waals surface area contributed by atoms with E-state index in [2.05, 4.69) is 25.9 Å². The number of aromatic nitrogens is 1. The van der Waals surface area contributed by atoms with Gasteiger partial charge in [-0.25, -0.2) is 14.3 Å². The summed E-state index contributed by atoms with van der Waals surface area (Å²) in [7, 11) is 0. The molecule has 0 fully saturated rings. The van der Waals surface area contributed by atoms with Crippen LogP contribution >= 0.6 is 0 Å². The van der Waals surface area contributed by atoms with Gasteiger partial charge in [0.2, 0.25) is 0 Å². The summed E-state index contributed by atoms with van der Waals surface area (Å²) in [6.07, 6.45) is -2.40. The van der Waals surface area contributed by atoms with Gasteiger partial charge in [-0.1, -0.05) is 18.2 Å². The van der Waals surface area contributed by atoms with E-state index in [4.69, 9.17) is 0 Å². The molecule has 37 heavy (non-hydrogen) atoms. The molecular formula is C23H18F7N5O2. The smallest absolute Gasteiger partial charge is 0.422 e. The average molecular weight is 529 g/mol. The molecule has 196 valence electrons. The minimum absolute atomic E-state index is 0.0443. The first-order chi connectivity index (χ1) is 17.4. The number of hydrogen-bond donors (Lipinski definition) is 3. The summed E-state index contributed by atoms with van der Waals surface area (Å²) in [4.78, 5) is 3.76. The number of hydrazine groups is 2. The van der Waals surface area contributed by atoms with Crippen LogP contribution in [-0.2, 0) is 11.5 Å². The fourth-order valence-electron chi connectivity index (χ4n) is 3.60. The van der Waals surface area contributed by atoms with Crippen LogP contribution < -0.4 is 15.8 Å². The second-order valence-corrected chi connectivity index (χ2v) is 8.02. The molecule has 1 aliphatic heterocycles. The van der Waals surface area contributed by atoms with E-state index in [9.17, 15) is 27.1 Å². The zero-order chi connectivity index (χ0) is 26.8. The molecule has 4 rings (SSSR count). The number of aliphatic hydroxyl groups is 1. The lowest BCUT2D eigenvalue weighted by Gasteiger charge is -2.38. The molecule has 0 radical (unpaired) electrons. The van der Waals surface area contributed by atoms with E-state index < -0.39 is 53.7 Å². The Bertz CT molecular complexity index is 1270. The lowest BCUT2D eigenvalue weighted by atomic mass is 9.84. The minimum atomic E-state index is -4.50. The highest BCUT2D eigenvalue weighted by molar-refractivity contribution is 5.63. The Balaban J connectivity index is 1.62. The Hall–Kier alpha value is -3.91. The summed E-state index contributed by atoms with van der Waals surface area (Å²) in [6.45, 7) is -2.38. The van der Waals surface area contributed by atoms with Gasteiger partial charge in [0.25, 0.3) is 0 Å². The van der Waals surface area contributed by atoms with Crippen LogP contribution in [0.3, 0.4) is 0 Å². The fraction of sp³-hybridized carbons (Fsp3) is 0.217. The number of alkyl halides is 5. The summed E-state index contributed by atoms with van der Waals surface area (Å²) in [5.41, 5.74) is 0.366. The van der Waals surface area contributed by atoms with Crippen LogP contribution in [0.5, 0.6) is 5.75 Å². The Morgan fingerprint density at radius 1 is 0.919 bits per heavy atom. The number of nitrogens with zero attached hydrogens (tertiary/aromatic N) is 3. The standard InChI is InChI=1S/C23H18F7N5O2/c24-16-4-7-18(19(25)9-16)21(36,11-35-13-32-33-34-35)23(29,30)20-8-3-15(10-31-20)14-1-5-17(6-2-14)37-12-22(26,27)28/h1-10,13,33-34,36H,11-12H2/t21-/m1/s1. The van der Waals surface area contributed by atoms with Crippen molar-refractivity contribution in [3.05, 3.63) is 83.7 Å². The summed E-state index contributed by atoms with van der Waals surface area (Å²) in [5, 5.41) is 15.7. The van der Waals surface area contributed by atoms with Crippen molar-refractivity contribution < 1.29 is 40.6 Å². The molecule has 0 aliphatic carbocycles. The van der Waals surface area contributed by atoms with E-state index in [1.54, 1.807) is 0 Å². The molecule has 1 aromatic heterocycles. The molecule has 0 saturated carbocycles. The molecule has 0 unspecified atom stereocenters. The molecule has 1 aliphatic rings. The van der Waals surface area contributed by atoms with Crippen molar-refractivity contribution in [3.8, 4) is 16.9 Å². The van der Waals surface area contributed by atoms with Crippen LogP contribution in [0.15, 0.2) is 65.9 Å². The van der Waals surface area contributed by atoms with E-state index in [1.165, 1.54) is 30.3 Å². The third-order valence-corrected chi connectivity index (χ3v) is 5.43. The minimum Gasteiger partial charge on any atom is -0.484 e. The Kier molecular flexibility index (Phi) is 6.97. The van der Waals surface area contributed by atoms with Crippen LogP contribution in [-0.4, -0.2) is 40.8 Å². The van der Waals surface area contributed by atoms with Crippen molar-refractivity contribution in [2.45, 2.75) is 17.7 Å². The SMILES string of the molecule is O[C@](CN1C=NNN1)(c1ccc(F)cc1F)C(F)(F)c1ccc(-c2ccc(OCC(F)(F)F)cc2)cn1. The van der Waals surface area contributed by atoms with Crippen molar-refractivity contribution in [2.75, 3.05) is 13.2 Å². The van der Waals surface area contributed by atoms with Crippen molar-refractivity contribution in [1.82, 2.24) is 21.1 Å². The maximum Gasteiger partial charge on any atom is 0.422 e. The molecule has 2 aromatic carbocycles. The fourth-order valence-corrected chi connectivity index (χ4v) is 3.60. The number of hydrazone groups is 1. The first-order valence-electron chi connectivity index (χ1n) is 10.5. The van der Waals surface area contributed by atoms with Gasteiger partial charge in [0.1, 0.15) is 29.4 Å². The van der Waals surface area contributed by atoms with Crippen molar-refractivity contribution >= 4 is 6.34 Å². The van der Waals surface area contributed by atoms with Crippen molar-refractivity contribution in [1.29, 1.82) is 0 Å². The van der Waals surface area contributed by atoms with Crippen LogP contribution in [0.2, 0.25) is 0 Å². The van der Waals surface area contributed by atoms with Gasteiger partial charge in [0.05, 0.1) is 6.54 Å². The Labute approximate surface area is 205 Å². The van der Waals surface area contributed by atoms with E-state index in [0.29, 0.717) is 17.2 Å². The van der Waals surface area contributed by atoms with Gasteiger partial charge in [-0.15, -0.1) is 5.53 Å². The zero-order valence-corrected chi connectivity index (χ0v) is 18.6. The molecule has 7 nitrogen and oxygen atoms in total. The van der Waals surface area contributed by atoms with E-state index >= 15 is 8.78 Å². The van der Waals surface area contributed by atoms with Gasteiger partial charge in [0.15, 0.2) is 12.2 Å². The molecule has 0 bridgehead atoms. The zero-order valence-electron chi connectivity index (χ0n) is 18.6. The van der Waals surface area contributed by atoms with Gasteiger partial charge in [-0.05, 0) is 35.9 Å². The number of benzene rings is 2. The second-order valence-electron chi connectivity index (χ2n) is 8.02. The first kappa shape index (κ1) is 26.2. The summed E-state index contributed by atoms with van der Waals surface area (Å²) < 4.78 is 101. The maximum absolute atomic E-state index is 15.8. The number of ether oxygens (including phenoxy) is 1. The quantitative estimate of drug-likeness (QED) is 0.380. The molecule has 0 saturated heterocycles. The van der Waals surface area contributed by atoms with Gasteiger partial charge in [-0.2, -0.15) is 27.1 Å². The third-order valence-electron chi connectivity index (χ3n) is 5.43. The molecular weight excluding hydrogens is 511 g/mol. The topological polar surface area (TPSA) is 82.0 Å². The van der Waals surface area contributed by atoms with Crippen LogP contribution in [0.1, 0.15) is 11.3 Å². The average Bonchev–Trinajstić information content (AvgIpc) is 3.35. The molecule has 2 heterocycles. The molecule has 0 spiro atoms. The predicted molar refractivity (Wildman–Crippen MR) is 117 cm³/mol. The summed E-state index contributed by atoms with van der Waals surface area (Å²) in [6, 6.07) is 9.37. The van der Waals surface area contributed by atoms with Crippen molar-refractivity contribution in [3.63, 3.8) is 0 Å². The van der Waals surface area contributed by atoms with E-state index in [0.717, 1.165) is 35.7 Å². The number of β-amino-alcohol motifs (C(OH)–C–C–N with tert-alkyl or cyclic N) is 1. The highest BCUT2D eigenvalue weighted by atomic mass is 19.4. The first-order valence-corrected chi connectivity index (χ1v) is 10.5. The maximum atomic E-state index is 15.8. The molecule has 3 N–H and O–H groups in total. The van der Waals surface area contributed by atoms with Gasteiger partial charge >= 0.3 is 12.1 Å². The van der Waals surface area contributed by atoms with Gasteiger partial charge in [-0.3, -0.25) is 9.99 Å². The van der Waals surface area contributed by atoms with Crippen LogP contribution in [0, 0.1) is 11.6 Å². The van der Waals surface area contributed by atoms with Crippen LogP contribution in [0.4, 0.5) is 30.7 Å². The lowest BCUT2D eigenvalue weighted by Crippen LogP contribution is -2.54. The number of pyridine rings is 1. The Morgan fingerprint density at radius 2 is 1.62 bits per heavy atom. The highest BCUT2D eigenvalue weighted by Crippen LogP contribution is 2.46. The normalized spacial score (nSPS) is 15.4. The van der Waals surface area contributed by atoms with E-state index in [1.807, 2.05) is 0 Å². The molecule has 14 heteroatoms. The highest BCUT2D eigenvalue weighted by Gasteiger charge is 2.58. The largest absolute Gasteiger partial charge is 0.484 e. The molecule has 1 atom stereocenters. The van der Waals surface area contributed by atoms with Crippen LogP contribution in [0.25, 0.3) is 11.1 Å². The monoisotopic (exact) mass is 529 g/mol. The summed E-state index contributed by atoms with van der Waals surface area (Å²) in [5.74, 6) is -6.66. The van der Waals surface area contributed by atoms with E-state index in [-0.39, 0.29) is 5.75 Å². The number of halogens is 7. The van der Waals surface area contributed by atoms with Crippen molar-refractivity contribution in [2.24, 2.45) is 5.10 Å². The molecule has 0 amide bonds. The number of rotatable bonds is 8. The molecule has 3 aromatic rings. The van der Waals surface area contributed by atoms with Gasteiger partial charge in [0, 0.05) is 23.4 Å². The second kappa shape index (κ2) is 9.86. The number of hydrogen-bond acceptors (Lipinski definition) is 7. The lowest BCUT2D eigenvalue weighted by molar-refractivity contribution is -0.206. The van der Waals surface area contributed by atoms with Gasteiger partial charge < -0.3 is 9.84 Å². The predicted octanol–water partition coefficient (Wildman–Crippen LogP) is 4.22. The third kappa shape index (κ3) is 5.59. The number of nitrogens with one attached hydrogen (secondary N) is 2. The summed E-state index contributed by atoms with van der Waals surface area (Å²) >= 11 is 0.